The number of fused-ring (bicyclic) bond motifs is 1. The van der Waals surface area contributed by atoms with Gasteiger partial charge in [-0.25, -0.2) is 0 Å². The number of hydrogen-bond acceptors (Lipinski definition) is 2. The normalized spacial score (nSPS) is 11.2. The highest BCUT2D eigenvalue weighted by Gasteiger charge is 1.95. The van der Waals surface area contributed by atoms with E-state index in [1.165, 1.54) is 10.8 Å². The smallest absolute Gasteiger partial charge is 0.0874 e. The van der Waals surface area contributed by atoms with E-state index in [4.69, 9.17) is 9.84 Å². The fraction of sp³-hybridized carbons (Fsp3) is 0.250. The summed E-state index contributed by atoms with van der Waals surface area (Å²) in [6, 6.07) is 14.5. The van der Waals surface area contributed by atoms with Crippen LogP contribution >= 0.6 is 0 Å². The Morgan fingerprint density at radius 2 is 1.83 bits per heavy atom. The molecule has 94 valence electrons. The summed E-state index contributed by atoms with van der Waals surface area (Å²) in [6.07, 6.45) is 5.40. The van der Waals surface area contributed by atoms with Crippen molar-refractivity contribution in [2.24, 2.45) is 0 Å². The van der Waals surface area contributed by atoms with Crippen LogP contribution in [0.15, 0.2) is 48.7 Å². The van der Waals surface area contributed by atoms with Gasteiger partial charge in [0.05, 0.1) is 12.9 Å². The van der Waals surface area contributed by atoms with Crippen molar-refractivity contribution in [3.8, 4) is 0 Å². The van der Waals surface area contributed by atoms with Crippen molar-refractivity contribution < 1.29 is 9.84 Å². The van der Waals surface area contributed by atoms with E-state index in [9.17, 15) is 0 Å². The predicted octanol–water partition coefficient (Wildman–Crippen LogP) is 3.60. The maximum Gasteiger partial charge on any atom is 0.0874 e. The minimum atomic E-state index is 0.233. The summed E-state index contributed by atoms with van der Waals surface area (Å²) in [6.45, 7) is 0.887. The quantitative estimate of drug-likeness (QED) is 0.619. The number of unbranched alkanes of at least 4 members (excludes halogenated alkanes) is 1. The van der Waals surface area contributed by atoms with Crippen LogP contribution in [0.3, 0.4) is 0 Å². The molecule has 0 unspecified atom stereocenters. The number of benzene rings is 2. The van der Waals surface area contributed by atoms with Gasteiger partial charge in [-0.2, -0.15) is 0 Å². The average Bonchev–Trinajstić information content (AvgIpc) is 2.43. The van der Waals surface area contributed by atoms with Gasteiger partial charge >= 0.3 is 0 Å². The Kier molecular flexibility index (Phi) is 4.79. The summed E-state index contributed by atoms with van der Waals surface area (Å²) >= 11 is 0. The van der Waals surface area contributed by atoms with Gasteiger partial charge in [0.15, 0.2) is 0 Å². The van der Waals surface area contributed by atoms with E-state index < -0.39 is 0 Å². The summed E-state index contributed by atoms with van der Waals surface area (Å²) in [5.41, 5.74) is 1.16. The first kappa shape index (κ1) is 12.7. The molecule has 0 bridgehead atoms. The topological polar surface area (TPSA) is 29.5 Å². The van der Waals surface area contributed by atoms with Gasteiger partial charge in [0.25, 0.3) is 0 Å². The molecule has 0 radical (unpaired) electrons. The van der Waals surface area contributed by atoms with Crippen LogP contribution in [0.4, 0.5) is 0 Å². The summed E-state index contributed by atoms with van der Waals surface area (Å²) in [5, 5.41) is 11.1. The first-order valence-corrected chi connectivity index (χ1v) is 6.28. The van der Waals surface area contributed by atoms with E-state index in [1.54, 1.807) is 6.26 Å². The lowest BCUT2D eigenvalue weighted by molar-refractivity contribution is 0.220. The van der Waals surface area contributed by atoms with E-state index in [1.807, 2.05) is 24.3 Å². The van der Waals surface area contributed by atoms with Crippen molar-refractivity contribution in [3.05, 3.63) is 54.3 Å². The summed E-state index contributed by atoms with van der Waals surface area (Å²) in [7, 11) is 0. The summed E-state index contributed by atoms with van der Waals surface area (Å²) in [5.74, 6) is 0. The molecule has 0 heterocycles. The van der Waals surface area contributed by atoms with Crippen LogP contribution in [0.5, 0.6) is 0 Å². The van der Waals surface area contributed by atoms with Gasteiger partial charge in [-0.05, 0) is 35.3 Å². The van der Waals surface area contributed by atoms with Crippen LogP contribution in [0.25, 0.3) is 16.8 Å². The molecule has 2 aromatic rings. The Bertz CT molecular complexity index is 512. The van der Waals surface area contributed by atoms with Crippen molar-refractivity contribution in [3.63, 3.8) is 0 Å². The molecular formula is C16H18O2. The second kappa shape index (κ2) is 6.82. The number of hydrogen-bond donors (Lipinski definition) is 1. The molecule has 0 spiro atoms. The fourth-order valence-corrected chi connectivity index (χ4v) is 1.88. The molecule has 0 aromatic heterocycles. The molecule has 0 aliphatic heterocycles. The zero-order chi connectivity index (χ0) is 12.6. The molecule has 0 saturated heterocycles. The van der Waals surface area contributed by atoms with Gasteiger partial charge in [-0.3, -0.25) is 0 Å². The van der Waals surface area contributed by atoms with Crippen LogP contribution in [0.1, 0.15) is 18.4 Å². The highest BCUT2D eigenvalue weighted by molar-refractivity contribution is 5.90. The van der Waals surface area contributed by atoms with E-state index in [0.29, 0.717) is 6.61 Å². The maximum absolute atomic E-state index is 8.65. The van der Waals surface area contributed by atoms with Crippen molar-refractivity contribution in [2.45, 2.75) is 12.8 Å². The lowest BCUT2D eigenvalue weighted by Crippen LogP contribution is -1.90. The van der Waals surface area contributed by atoms with Crippen LogP contribution in [0, 0.1) is 0 Å². The molecule has 2 nitrogen and oxygen atoms in total. The second-order valence-corrected chi connectivity index (χ2v) is 4.17. The molecule has 0 atom stereocenters. The Balaban J connectivity index is 2.01. The minimum Gasteiger partial charge on any atom is -0.501 e. The molecule has 0 aliphatic rings. The number of ether oxygens (including phenoxy) is 1. The standard InChI is InChI=1S/C16H18O2/c17-11-3-4-12-18-13-10-15-8-5-7-14-6-1-2-9-16(14)15/h1-2,5-10,13,17H,3-4,11-12H2/b13-10-. The van der Waals surface area contributed by atoms with Crippen molar-refractivity contribution in [2.75, 3.05) is 13.2 Å². The molecule has 2 rings (SSSR count). The molecule has 0 saturated carbocycles. The summed E-state index contributed by atoms with van der Waals surface area (Å²) < 4.78 is 5.40. The fourth-order valence-electron chi connectivity index (χ4n) is 1.88. The second-order valence-electron chi connectivity index (χ2n) is 4.17. The third-order valence-corrected chi connectivity index (χ3v) is 2.84. The molecule has 2 aromatic carbocycles. The van der Waals surface area contributed by atoms with Crippen molar-refractivity contribution in [1.82, 2.24) is 0 Å². The lowest BCUT2D eigenvalue weighted by Gasteiger charge is -2.02. The highest BCUT2D eigenvalue weighted by Crippen LogP contribution is 2.19. The molecule has 0 aliphatic carbocycles. The molecule has 0 fully saturated rings. The van der Waals surface area contributed by atoms with E-state index in [0.717, 1.165) is 18.4 Å². The first-order valence-electron chi connectivity index (χ1n) is 6.28. The molecule has 18 heavy (non-hydrogen) atoms. The predicted molar refractivity (Wildman–Crippen MR) is 75.3 cm³/mol. The van der Waals surface area contributed by atoms with Crippen LogP contribution in [-0.2, 0) is 4.74 Å². The third kappa shape index (κ3) is 3.34. The van der Waals surface area contributed by atoms with Gasteiger partial charge < -0.3 is 9.84 Å². The SMILES string of the molecule is OCCCCO/C=C\c1cccc2ccccc12. The van der Waals surface area contributed by atoms with Gasteiger partial charge in [-0.1, -0.05) is 42.5 Å². The largest absolute Gasteiger partial charge is 0.501 e. The zero-order valence-corrected chi connectivity index (χ0v) is 10.4. The zero-order valence-electron chi connectivity index (χ0n) is 10.4. The van der Waals surface area contributed by atoms with E-state index in [-0.39, 0.29) is 6.61 Å². The first-order chi connectivity index (χ1) is 8.92. The van der Waals surface area contributed by atoms with Crippen molar-refractivity contribution >= 4 is 16.8 Å². The molecular weight excluding hydrogens is 224 g/mol. The Labute approximate surface area is 108 Å². The Hall–Kier alpha value is -1.80. The maximum atomic E-state index is 8.65. The van der Waals surface area contributed by atoms with Gasteiger partial charge in [0, 0.05) is 6.61 Å². The Morgan fingerprint density at radius 1 is 1.00 bits per heavy atom. The van der Waals surface area contributed by atoms with Gasteiger partial charge in [-0.15, -0.1) is 0 Å². The lowest BCUT2D eigenvalue weighted by atomic mass is 10.0. The van der Waals surface area contributed by atoms with Gasteiger partial charge in [0.2, 0.25) is 0 Å². The monoisotopic (exact) mass is 242 g/mol. The van der Waals surface area contributed by atoms with Crippen LogP contribution in [0.2, 0.25) is 0 Å². The Morgan fingerprint density at radius 3 is 2.72 bits per heavy atom. The third-order valence-electron chi connectivity index (χ3n) is 2.84. The molecule has 0 amide bonds. The highest BCUT2D eigenvalue weighted by atomic mass is 16.5. The average molecular weight is 242 g/mol. The van der Waals surface area contributed by atoms with Gasteiger partial charge in [0.1, 0.15) is 0 Å². The van der Waals surface area contributed by atoms with E-state index in [2.05, 4.69) is 24.3 Å². The molecule has 2 heteroatoms. The minimum absolute atomic E-state index is 0.233. The number of aliphatic hydroxyl groups excluding tert-OH is 1. The molecule has 1 N–H and O–H groups in total. The van der Waals surface area contributed by atoms with Crippen LogP contribution in [-0.4, -0.2) is 18.3 Å². The van der Waals surface area contributed by atoms with Crippen LogP contribution < -0.4 is 0 Å². The summed E-state index contributed by atoms with van der Waals surface area (Å²) in [4.78, 5) is 0. The number of aliphatic hydroxyl groups is 1. The number of rotatable bonds is 6. The van der Waals surface area contributed by atoms with E-state index >= 15 is 0 Å². The van der Waals surface area contributed by atoms with Crippen molar-refractivity contribution in [1.29, 1.82) is 0 Å².